The van der Waals surface area contributed by atoms with E-state index in [9.17, 15) is 0 Å². The standard InChI is InChI=1S/C31H53N2O2/c1-5-7-9-11-13-15-17-19-25-34-29-22-21-28(31-32(3)23-24-33(31)4)27-30(29)35-26-20-18-16-14-12-10-8-6-2/h21-24,27H,5-20,25-26H2,1-4H3/q+1. The Balaban J connectivity index is 1.83. The summed E-state index contributed by atoms with van der Waals surface area (Å²) in [6.07, 6.45) is 25.1. The van der Waals surface area contributed by atoms with E-state index in [-0.39, 0.29) is 0 Å². The molecule has 0 radical (unpaired) electrons. The van der Waals surface area contributed by atoms with E-state index in [1.54, 1.807) is 0 Å². The van der Waals surface area contributed by atoms with Crippen LogP contribution in [0.4, 0.5) is 0 Å². The molecule has 0 amide bonds. The van der Waals surface area contributed by atoms with Gasteiger partial charge in [0.25, 0.3) is 5.82 Å². The number of unbranched alkanes of at least 4 members (excludes halogenated alkanes) is 14. The lowest BCUT2D eigenvalue weighted by Crippen LogP contribution is -2.28. The Morgan fingerprint density at radius 2 is 1.14 bits per heavy atom. The van der Waals surface area contributed by atoms with Crippen LogP contribution in [0.15, 0.2) is 30.6 Å². The van der Waals surface area contributed by atoms with E-state index in [0.717, 1.165) is 48.9 Å². The van der Waals surface area contributed by atoms with Crippen LogP contribution in [0.5, 0.6) is 11.5 Å². The summed E-state index contributed by atoms with van der Waals surface area (Å²) < 4.78 is 16.8. The van der Waals surface area contributed by atoms with Gasteiger partial charge < -0.3 is 9.47 Å². The first-order valence-corrected chi connectivity index (χ1v) is 14.6. The van der Waals surface area contributed by atoms with E-state index in [4.69, 9.17) is 9.47 Å². The highest BCUT2D eigenvalue weighted by Crippen LogP contribution is 2.32. The Morgan fingerprint density at radius 1 is 0.657 bits per heavy atom. The molecule has 0 unspecified atom stereocenters. The zero-order valence-electron chi connectivity index (χ0n) is 23.3. The van der Waals surface area contributed by atoms with Crippen LogP contribution in [0.25, 0.3) is 11.4 Å². The summed E-state index contributed by atoms with van der Waals surface area (Å²) >= 11 is 0. The SMILES string of the molecule is CCCCCCCCCCOc1ccc(-c2n(C)cc[n+]2C)cc1OCCCCCCCCCC. The molecule has 0 saturated carbocycles. The molecule has 0 aliphatic rings. The maximum Gasteiger partial charge on any atom is 0.288 e. The van der Waals surface area contributed by atoms with Crippen LogP contribution in [0.2, 0.25) is 0 Å². The Hall–Kier alpha value is -1.97. The van der Waals surface area contributed by atoms with Gasteiger partial charge in [-0.1, -0.05) is 104 Å². The lowest BCUT2D eigenvalue weighted by atomic mass is 10.1. The van der Waals surface area contributed by atoms with Gasteiger partial charge in [0.05, 0.1) is 32.9 Å². The van der Waals surface area contributed by atoms with E-state index >= 15 is 0 Å². The molecule has 0 aliphatic carbocycles. The molecule has 0 saturated heterocycles. The molecule has 1 aromatic heterocycles. The van der Waals surface area contributed by atoms with E-state index in [0.29, 0.717) is 0 Å². The molecule has 0 fully saturated rings. The third-order valence-electron chi connectivity index (χ3n) is 6.89. The highest BCUT2D eigenvalue weighted by molar-refractivity contribution is 5.59. The van der Waals surface area contributed by atoms with E-state index < -0.39 is 0 Å². The van der Waals surface area contributed by atoms with Crippen molar-refractivity contribution >= 4 is 0 Å². The summed E-state index contributed by atoms with van der Waals surface area (Å²) in [4.78, 5) is 0. The van der Waals surface area contributed by atoms with Gasteiger partial charge in [-0.3, -0.25) is 0 Å². The van der Waals surface area contributed by atoms with Gasteiger partial charge in [-0.15, -0.1) is 0 Å². The van der Waals surface area contributed by atoms with E-state index in [1.165, 1.54) is 89.9 Å². The van der Waals surface area contributed by atoms with Crippen molar-refractivity contribution in [3.05, 3.63) is 30.6 Å². The number of hydrogen-bond donors (Lipinski definition) is 0. The molecule has 0 spiro atoms. The first-order chi connectivity index (χ1) is 17.2. The minimum absolute atomic E-state index is 0.756. The molecule has 1 heterocycles. The molecule has 2 aromatic rings. The quantitative estimate of drug-likeness (QED) is 0.131. The molecule has 0 atom stereocenters. The number of rotatable bonds is 21. The topological polar surface area (TPSA) is 27.3 Å². The lowest BCUT2D eigenvalue weighted by molar-refractivity contribution is -0.659. The summed E-state index contributed by atoms with van der Waals surface area (Å²) in [6.45, 7) is 6.07. The Labute approximate surface area is 216 Å². The molecule has 1 aromatic carbocycles. The molecule has 2 rings (SSSR count). The molecular formula is C31H53N2O2+. The molecule has 198 valence electrons. The maximum absolute atomic E-state index is 6.29. The van der Waals surface area contributed by atoms with Crippen molar-refractivity contribution < 1.29 is 14.0 Å². The smallest absolute Gasteiger partial charge is 0.288 e. The number of benzene rings is 1. The normalized spacial score (nSPS) is 11.2. The molecule has 4 heteroatoms. The third-order valence-corrected chi connectivity index (χ3v) is 6.89. The number of imidazole rings is 1. The predicted octanol–water partition coefficient (Wildman–Crippen LogP) is 8.56. The Morgan fingerprint density at radius 3 is 1.63 bits per heavy atom. The van der Waals surface area contributed by atoms with Gasteiger partial charge >= 0.3 is 0 Å². The van der Waals surface area contributed by atoms with Gasteiger partial charge in [0.2, 0.25) is 0 Å². The minimum atomic E-state index is 0.756. The van der Waals surface area contributed by atoms with Gasteiger partial charge in [-0.25, -0.2) is 9.13 Å². The van der Waals surface area contributed by atoms with Crippen molar-refractivity contribution in [1.82, 2.24) is 4.57 Å². The fourth-order valence-electron chi connectivity index (χ4n) is 4.71. The maximum atomic E-state index is 6.29. The van der Waals surface area contributed by atoms with Crippen molar-refractivity contribution in [2.75, 3.05) is 13.2 Å². The van der Waals surface area contributed by atoms with Gasteiger partial charge in [0.15, 0.2) is 11.5 Å². The lowest BCUT2D eigenvalue weighted by Gasteiger charge is -2.14. The fourth-order valence-corrected chi connectivity index (χ4v) is 4.71. The molecule has 0 aliphatic heterocycles. The van der Waals surface area contributed by atoms with Gasteiger partial charge in [-0.2, -0.15) is 0 Å². The van der Waals surface area contributed by atoms with Crippen LogP contribution < -0.4 is 14.0 Å². The second-order valence-corrected chi connectivity index (χ2v) is 10.2. The zero-order chi connectivity index (χ0) is 25.1. The molecule has 0 N–H and O–H groups in total. The van der Waals surface area contributed by atoms with Crippen molar-refractivity contribution in [1.29, 1.82) is 0 Å². The summed E-state index contributed by atoms with van der Waals surface area (Å²) in [5.74, 6) is 2.93. The predicted molar refractivity (Wildman–Crippen MR) is 148 cm³/mol. The number of hydrogen-bond acceptors (Lipinski definition) is 2. The summed E-state index contributed by atoms with van der Waals surface area (Å²) in [5, 5.41) is 0. The molecule has 35 heavy (non-hydrogen) atoms. The van der Waals surface area contributed by atoms with Gasteiger partial charge in [-0.05, 0) is 31.0 Å². The molecule has 0 bridgehead atoms. The number of aromatic nitrogens is 2. The summed E-state index contributed by atoms with van der Waals surface area (Å²) in [7, 11) is 4.17. The highest BCUT2D eigenvalue weighted by Gasteiger charge is 2.17. The molecular weight excluding hydrogens is 432 g/mol. The Kier molecular flexibility index (Phi) is 15.3. The first-order valence-electron chi connectivity index (χ1n) is 14.6. The highest BCUT2D eigenvalue weighted by atomic mass is 16.5. The summed E-state index contributed by atoms with van der Waals surface area (Å²) in [5.41, 5.74) is 1.16. The van der Waals surface area contributed by atoms with Crippen LogP contribution in [0, 0.1) is 0 Å². The van der Waals surface area contributed by atoms with E-state index in [2.05, 4.69) is 67.7 Å². The van der Waals surface area contributed by atoms with Crippen LogP contribution in [-0.4, -0.2) is 17.8 Å². The largest absolute Gasteiger partial charge is 0.490 e. The number of aryl methyl sites for hydroxylation is 2. The summed E-state index contributed by atoms with van der Waals surface area (Å²) in [6, 6.07) is 6.40. The first kappa shape index (κ1) is 29.3. The zero-order valence-corrected chi connectivity index (χ0v) is 23.3. The Bertz CT molecular complexity index is 780. The minimum Gasteiger partial charge on any atom is -0.490 e. The number of ether oxygens (including phenoxy) is 2. The van der Waals surface area contributed by atoms with Crippen LogP contribution in [-0.2, 0) is 14.1 Å². The number of nitrogens with zero attached hydrogens (tertiary/aromatic N) is 2. The monoisotopic (exact) mass is 485 g/mol. The molecule has 4 nitrogen and oxygen atoms in total. The fraction of sp³-hybridized carbons (Fsp3) is 0.710. The van der Waals surface area contributed by atoms with Crippen molar-refractivity contribution in [2.45, 2.75) is 117 Å². The van der Waals surface area contributed by atoms with Crippen molar-refractivity contribution in [2.24, 2.45) is 14.1 Å². The van der Waals surface area contributed by atoms with E-state index in [1.807, 2.05) is 0 Å². The van der Waals surface area contributed by atoms with Crippen molar-refractivity contribution in [3.8, 4) is 22.9 Å². The second-order valence-electron chi connectivity index (χ2n) is 10.2. The van der Waals surface area contributed by atoms with Crippen molar-refractivity contribution in [3.63, 3.8) is 0 Å². The average molecular weight is 486 g/mol. The van der Waals surface area contributed by atoms with Crippen LogP contribution >= 0.6 is 0 Å². The third kappa shape index (κ3) is 11.5. The van der Waals surface area contributed by atoms with Crippen LogP contribution in [0.1, 0.15) is 117 Å². The van der Waals surface area contributed by atoms with Gasteiger partial charge in [0.1, 0.15) is 12.4 Å². The average Bonchev–Trinajstić information content (AvgIpc) is 3.20. The second kappa shape index (κ2) is 18.3. The van der Waals surface area contributed by atoms with Gasteiger partial charge in [0, 0.05) is 0 Å². The van der Waals surface area contributed by atoms with Crippen LogP contribution in [0.3, 0.4) is 0 Å².